The number of nitrogens with zero attached hydrogens (tertiary/aromatic N) is 1. The van der Waals surface area contributed by atoms with Crippen LogP contribution < -0.4 is 5.32 Å². The maximum atomic E-state index is 12.2. The highest BCUT2D eigenvalue weighted by molar-refractivity contribution is 5.75. The van der Waals surface area contributed by atoms with E-state index in [2.05, 4.69) is 33.0 Å². The van der Waals surface area contributed by atoms with Crippen molar-refractivity contribution in [3.05, 3.63) is 10.1 Å². The molecule has 0 saturated heterocycles. The number of rotatable bonds is 8. The fourth-order valence-electron chi connectivity index (χ4n) is 9.84. The van der Waals surface area contributed by atoms with Crippen molar-refractivity contribution >= 4 is 5.91 Å². The Kier molecular flexibility index (Phi) is 7.67. The molecule has 0 aromatic heterocycles. The molecule has 10 atom stereocenters. The first-order chi connectivity index (χ1) is 16.1. The zero-order chi connectivity index (χ0) is 24.7. The van der Waals surface area contributed by atoms with Gasteiger partial charge in [-0.05, 0) is 110 Å². The zero-order valence-electron chi connectivity index (χ0n) is 21.9. The molecule has 10 unspecified atom stereocenters. The van der Waals surface area contributed by atoms with Gasteiger partial charge in [0.2, 0.25) is 12.5 Å². The Morgan fingerprint density at radius 3 is 2.50 bits per heavy atom. The third kappa shape index (κ3) is 4.65. The van der Waals surface area contributed by atoms with E-state index in [9.17, 15) is 20.0 Å². The highest BCUT2D eigenvalue weighted by atomic mass is 16.6. The Hall–Kier alpha value is -1.17. The normalized spacial score (nSPS) is 44.4. The van der Waals surface area contributed by atoms with Crippen LogP contribution in [-0.2, 0) is 4.79 Å². The molecular formula is C28H48N2O4. The molecule has 4 aliphatic carbocycles. The first-order valence-electron chi connectivity index (χ1n) is 14.2. The maximum Gasteiger partial charge on any atom is 0.220 e. The molecule has 0 heterocycles. The van der Waals surface area contributed by atoms with E-state index in [4.69, 9.17) is 0 Å². The van der Waals surface area contributed by atoms with Gasteiger partial charge in [0.25, 0.3) is 0 Å². The van der Waals surface area contributed by atoms with Crippen molar-refractivity contribution in [3.63, 3.8) is 0 Å². The molecule has 6 heteroatoms. The predicted octanol–water partition coefficient (Wildman–Crippen LogP) is 5.45. The van der Waals surface area contributed by atoms with E-state index < -0.39 is 0 Å². The number of nitrogens with one attached hydrogen (secondary N) is 1. The molecule has 0 radical (unpaired) electrons. The minimum atomic E-state index is -0.384. The van der Waals surface area contributed by atoms with Crippen molar-refractivity contribution in [1.29, 1.82) is 0 Å². The molecule has 34 heavy (non-hydrogen) atoms. The van der Waals surface area contributed by atoms with Crippen molar-refractivity contribution in [3.8, 4) is 0 Å². The number of amides is 1. The van der Waals surface area contributed by atoms with Gasteiger partial charge in [0, 0.05) is 11.3 Å². The molecule has 0 aromatic carbocycles. The Bertz CT molecular complexity index is 759. The van der Waals surface area contributed by atoms with Crippen molar-refractivity contribution < 1.29 is 14.8 Å². The summed E-state index contributed by atoms with van der Waals surface area (Å²) in [5.41, 5.74) is 0.772. The van der Waals surface area contributed by atoms with E-state index in [1.807, 2.05) is 0 Å². The predicted molar refractivity (Wildman–Crippen MR) is 134 cm³/mol. The van der Waals surface area contributed by atoms with Crippen LogP contribution in [-0.4, -0.2) is 35.1 Å². The van der Waals surface area contributed by atoms with Crippen molar-refractivity contribution in [2.45, 2.75) is 104 Å². The van der Waals surface area contributed by atoms with Gasteiger partial charge < -0.3 is 10.4 Å². The molecule has 1 amide bonds. The summed E-state index contributed by atoms with van der Waals surface area (Å²) < 4.78 is 0. The van der Waals surface area contributed by atoms with Gasteiger partial charge in [-0.2, -0.15) is 0 Å². The van der Waals surface area contributed by atoms with Gasteiger partial charge in [-0.25, -0.2) is 0 Å². The number of aliphatic hydroxyl groups is 1. The zero-order valence-corrected chi connectivity index (χ0v) is 21.9. The van der Waals surface area contributed by atoms with Gasteiger partial charge in [0.1, 0.15) is 0 Å². The Labute approximate surface area is 206 Å². The first kappa shape index (κ1) is 25.9. The lowest BCUT2D eigenvalue weighted by Gasteiger charge is -2.63. The van der Waals surface area contributed by atoms with Crippen LogP contribution in [0.15, 0.2) is 0 Å². The highest BCUT2D eigenvalue weighted by Crippen LogP contribution is 2.69. The quantitative estimate of drug-likeness (QED) is 0.360. The van der Waals surface area contributed by atoms with Gasteiger partial charge in [-0.1, -0.05) is 34.1 Å². The average Bonchev–Trinajstić information content (AvgIpc) is 3.14. The molecule has 194 valence electrons. The first-order valence-corrected chi connectivity index (χ1v) is 14.2. The summed E-state index contributed by atoms with van der Waals surface area (Å²) in [5, 5.41) is 23.7. The number of carbonyl (C=O) groups excluding carboxylic acids is 1. The van der Waals surface area contributed by atoms with E-state index in [-0.39, 0.29) is 30.0 Å². The van der Waals surface area contributed by atoms with E-state index in [1.165, 1.54) is 44.9 Å². The summed E-state index contributed by atoms with van der Waals surface area (Å²) in [4.78, 5) is 22.3. The third-order valence-corrected chi connectivity index (χ3v) is 11.5. The lowest BCUT2D eigenvalue weighted by molar-refractivity contribution is -0.477. The highest BCUT2D eigenvalue weighted by Gasteiger charge is 2.62. The monoisotopic (exact) mass is 476 g/mol. The van der Waals surface area contributed by atoms with Crippen molar-refractivity contribution in [2.24, 2.45) is 52.3 Å². The molecular weight excluding hydrogens is 428 g/mol. The SMILES string of the molecule is CCC1CC2C3CCC(C(C)CCC(=O)NCC[N+](=O)[O-])C3(C)CCC2C2(C)CCC(O)CC12. The maximum absolute atomic E-state index is 12.2. The molecule has 0 aromatic rings. The van der Waals surface area contributed by atoms with Crippen molar-refractivity contribution in [2.75, 3.05) is 13.1 Å². The number of fused-ring (bicyclic) bond motifs is 5. The lowest BCUT2D eigenvalue weighted by atomic mass is 9.42. The number of hydrogen-bond donors (Lipinski definition) is 2. The second-order valence-electron chi connectivity index (χ2n) is 13.0. The van der Waals surface area contributed by atoms with Crippen LogP contribution in [0.3, 0.4) is 0 Å². The molecule has 2 N–H and O–H groups in total. The van der Waals surface area contributed by atoms with Crippen LogP contribution in [0, 0.1) is 62.4 Å². The molecule has 6 nitrogen and oxygen atoms in total. The van der Waals surface area contributed by atoms with Gasteiger partial charge in [0.05, 0.1) is 12.6 Å². The van der Waals surface area contributed by atoms with E-state index in [0.29, 0.717) is 35.0 Å². The van der Waals surface area contributed by atoms with Gasteiger partial charge in [-0.15, -0.1) is 0 Å². The Morgan fingerprint density at radius 1 is 1.09 bits per heavy atom. The van der Waals surface area contributed by atoms with Gasteiger partial charge in [0.15, 0.2) is 0 Å². The van der Waals surface area contributed by atoms with Crippen molar-refractivity contribution in [1.82, 2.24) is 5.32 Å². The smallest absolute Gasteiger partial charge is 0.220 e. The van der Waals surface area contributed by atoms with Crippen LogP contribution >= 0.6 is 0 Å². The standard InChI is InChI=1S/C28H48N2O4/c1-5-19-16-21-23-8-7-22(18(2)6-9-26(32)29-14-15-30(33)34)27(23,3)13-11-24(21)28(4)12-10-20(31)17-25(19)28/h18-25,31H,5-17H2,1-4H3,(H,29,32). The molecule has 4 fully saturated rings. The lowest BCUT2D eigenvalue weighted by Crippen LogP contribution is -2.56. The molecule has 0 bridgehead atoms. The number of carbonyl (C=O) groups is 1. The molecule has 0 aliphatic heterocycles. The summed E-state index contributed by atoms with van der Waals surface area (Å²) in [6.45, 7) is 9.78. The Balaban J connectivity index is 1.42. The fourth-order valence-corrected chi connectivity index (χ4v) is 9.84. The summed E-state index contributed by atoms with van der Waals surface area (Å²) >= 11 is 0. The van der Waals surface area contributed by atoms with Gasteiger partial charge >= 0.3 is 0 Å². The largest absolute Gasteiger partial charge is 0.393 e. The second-order valence-corrected chi connectivity index (χ2v) is 13.0. The second kappa shape index (κ2) is 10.1. The summed E-state index contributed by atoms with van der Waals surface area (Å²) in [6, 6.07) is 0. The molecule has 0 spiro atoms. The Morgan fingerprint density at radius 2 is 1.79 bits per heavy atom. The summed E-state index contributed by atoms with van der Waals surface area (Å²) in [6.07, 6.45) is 12.3. The minimum absolute atomic E-state index is 0.0476. The number of hydrogen-bond acceptors (Lipinski definition) is 4. The van der Waals surface area contributed by atoms with E-state index >= 15 is 0 Å². The summed E-state index contributed by atoms with van der Waals surface area (Å²) in [7, 11) is 0. The van der Waals surface area contributed by atoms with Crippen LogP contribution in [0.1, 0.15) is 98.3 Å². The topological polar surface area (TPSA) is 92.5 Å². The van der Waals surface area contributed by atoms with Crippen LogP contribution in [0.4, 0.5) is 0 Å². The summed E-state index contributed by atoms with van der Waals surface area (Å²) in [5.74, 6) is 5.00. The fraction of sp³-hybridized carbons (Fsp3) is 0.964. The van der Waals surface area contributed by atoms with E-state index in [1.54, 1.807) is 0 Å². The van der Waals surface area contributed by atoms with Crippen LogP contribution in [0.25, 0.3) is 0 Å². The molecule has 4 aliphatic rings. The third-order valence-electron chi connectivity index (χ3n) is 11.5. The number of nitro groups is 1. The van der Waals surface area contributed by atoms with E-state index in [0.717, 1.165) is 42.9 Å². The molecule has 4 saturated carbocycles. The average molecular weight is 477 g/mol. The van der Waals surface area contributed by atoms with Crippen LogP contribution in [0.5, 0.6) is 0 Å². The minimum Gasteiger partial charge on any atom is -0.393 e. The molecule has 4 rings (SSSR count). The van der Waals surface area contributed by atoms with Gasteiger partial charge in [-0.3, -0.25) is 14.9 Å². The van der Waals surface area contributed by atoms with Crippen LogP contribution in [0.2, 0.25) is 0 Å². The number of aliphatic hydroxyl groups excluding tert-OH is 1.